The Bertz CT molecular complexity index is 596. The lowest BCUT2D eigenvalue weighted by Crippen LogP contribution is -2.28. The van der Waals surface area contributed by atoms with Gasteiger partial charge in [0.25, 0.3) is 11.7 Å². The van der Waals surface area contributed by atoms with Crippen LogP contribution in [0.15, 0.2) is 22.6 Å². The number of fused-ring (bicyclic) bond motifs is 1. The van der Waals surface area contributed by atoms with Crippen LogP contribution in [0.1, 0.15) is 26.2 Å². The zero-order valence-corrected chi connectivity index (χ0v) is 11.3. The monoisotopic (exact) mass is 278 g/mol. The van der Waals surface area contributed by atoms with Crippen LogP contribution in [0.5, 0.6) is 0 Å². The largest absolute Gasteiger partial charge is 0.423 e. The molecule has 0 saturated heterocycles. The minimum atomic E-state index is -0.466. The SMILES string of the molecule is CCCCC(CN)Nc1nc2c([N+](=O)[O-])cccc2o1. The summed E-state index contributed by atoms with van der Waals surface area (Å²) < 4.78 is 5.49. The molecule has 20 heavy (non-hydrogen) atoms. The molecule has 2 aromatic rings. The number of hydrogen-bond acceptors (Lipinski definition) is 6. The average Bonchev–Trinajstić information content (AvgIpc) is 2.85. The minimum absolute atomic E-state index is 0.0575. The number of benzene rings is 1. The first-order valence-corrected chi connectivity index (χ1v) is 6.66. The third-order valence-electron chi connectivity index (χ3n) is 3.11. The number of aromatic nitrogens is 1. The van der Waals surface area contributed by atoms with Gasteiger partial charge < -0.3 is 15.5 Å². The van der Waals surface area contributed by atoms with Gasteiger partial charge in [-0.15, -0.1) is 0 Å². The Kier molecular flexibility index (Phi) is 4.52. The maximum absolute atomic E-state index is 10.9. The van der Waals surface area contributed by atoms with Gasteiger partial charge in [-0.25, -0.2) is 0 Å². The number of hydrogen-bond donors (Lipinski definition) is 2. The van der Waals surface area contributed by atoms with Crippen LogP contribution in [0, 0.1) is 10.1 Å². The van der Waals surface area contributed by atoms with Crippen molar-refractivity contribution in [1.29, 1.82) is 0 Å². The molecule has 0 aliphatic carbocycles. The number of unbranched alkanes of at least 4 members (excludes halogenated alkanes) is 1. The quantitative estimate of drug-likeness (QED) is 0.595. The predicted octanol–water partition coefficient (Wildman–Crippen LogP) is 2.67. The Hall–Kier alpha value is -2.15. The molecule has 7 heteroatoms. The molecule has 7 nitrogen and oxygen atoms in total. The van der Waals surface area contributed by atoms with Gasteiger partial charge in [-0.2, -0.15) is 4.98 Å². The molecule has 0 fully saturated rings. The highest BCUT2D eigenvalue weighted by Gasteiger charge is 2.18. The third-order valence-corrected chi connectivity index (χ3v) is 3.11. The van der Waals surface area contributed by atoms with Crippen LogP contribution in [-0.4, -0.2) is 22.5 Å². The van der Waals surface area contributed by atoms with Gasteiger partial charge in [-0.05, 0) is 12.5 Å². The van der Waals surface area contributed by atoms with E-state index in [2.05, 4.69) is 17.2 Å². The van der Waals surface area contributed by atoms with E-state index in [1.807, 2.05) is 0 Å². The van der Waals surface area contributed by atoms with Gasteiger partial charge in [0.05, 0.1) is 4.92 Å². The number of nitrogens with two attached hydrogens (primary N) is 1. The molecule has 1 atom stereocenters. The first-order chi connectivity index (χ1) is 9.65. The Morgan fingerprint density at radius 2 is 2.35 bits per heavy atom. The van der Waals surface area contributed by atoms with Crippen LogP contribution in [0.4, 0.5) is 11.7 Å². The summed E-state index contributed by atoms with van der Waals surface area (Å²) in [6.07, 6.45) is 3.04. The van der Waals surface area contributed by atoms with E-state index in [9.17, 15) is 10.1 Å². The lowest BCUT2D eigenvalue weighted by molar-refractivity contribution is -0.383. The summed E-state index contributed by atoms with van der Waals surface area (Å²) in [6.45, 7) is 2.57. The lowest BCUT2D eigenvalue weighted by Gasteiger charge is -2.14. The van der Waals surface area contributed by atoms with Gasteiger partial charge in [-0.3, -0.25) is 10.1 Å². The van der Waals surface area contributed by atoms with Crippen LogP contribution >= 0.6 is 0 Å². The maximum Gasteiger partial charge on any atom is 0.298 e. The van der Waals surface area contributed by atoms with E-state index in [1.165, 1.54) is 6.07 Å². The van der Waals surface area contributed by atoms with Crippen molar-refractivity contribution < 1.29 is 9.34 Å². The maximum atomic E-state index is 10.9. The normalized spacial score (nSPS) is 12.5. The zero-order valence-electron chi connectivity index (χ0n) is 11.3. The summed E-state index contributed by atoms with van der Waals surface area (Å²) in [5.41, 5.74) is 6.29. The molecule has 3 N–H and O–H groups in total. The van der Waals surface area contributed by atoms with Crippen LogP contribution in [0.2, 0.25) is 0 Å². The van der Waals surface area contributed by atoms with Gasteiger partial charge in [0.1, 0.15) is 0 Å². The van der Waals surface area contributed by atoms with Crippen molar-refractivity contribution in [3.8, 4) is 0 Å². The molecule has 1 aromatic carbocycles. The first kappa shape index (κ1) is 14.3. The predicted molar refractivity (Wildman–Crippen MR) is 76.7 cm³/mol. The fourth-order valence-corrected chi connectivity index (χ4v) is 2.02. The molecular weight excluding hydrogens is 260 g/mol. The number of para-hydroxylation sites is 1. The number of nitro benzene ring substituents is 1. The highest BCUT2D eigenvalue weighted by Crippen LogP contribution is 2.27. The fraction of sp³-hybridized carbons (Fsp3) is 0.462. The number of rotatable bonds is 7. The standard InChI is InChI=1S/C13H18N4O3/c1-2-3-5-9(8-14)15-13-16-12-10(17(18)19)6-4-7-11(12)20-13/h4,6-7,9H,2-3,5,8,14H2,1H3,(H,15,16). The molecule has 1 aromatic heterocycles. The third kappa shape index (κ3) is 3.05. The van der Waals surface area contributed by atoms with E-state index in [4.69, 9.17) is 10.2 Å². The average molecular weight is 278 g/mol. The molecule has 0 amide bonds. The minimum Gasteiger partial charge on any atom is -0.423 e. The Labute approximate surface area is 116 Å². The summed E-state index contributed by atoms with van der Waals surface area (Å²) in [5.74, 6) is 0. The molecule has 2 rings (SSSR count). The summed E-state index contributed by atoms with van der Waals surface area (Å²) in [7, 11) is 0. The van der Waals surface area contributed by atoms with E-state index in [0.717, 1.165) is 19.3 Å². The summed E-state index contributed by atoms with van der Waals surface area (Å²) in [4.78, 5) is 14.6. The Morgan fingerprint density at radius 3 is 3.00 bits per heavy atom. The zero-order chi connectivity index (χ0) is 14.5. The number of nitro groups is 1. The van der Waals surface area contributed by atoms with Crippen molar-refractivity contribution in [3.63, 3.8) is 0 Å². The second-order valence-electron chi connectivity index (χ2n) is 4.62. The van der Waals surface area contributed by atoms with E-state index in [1.54, 1.807) is 12.1 Å². The van der Waals surface area contributed by atoms with Crippen molar-refractivity contribution in [2.45, 2.75) is 32.2 Å². The highest BCUT2D eigenvalue weighted by molar-refractivity contribution is 5.84. The Balaban J connectivity index is 2.23. The molecule has 0 spiro atoms. The van der Waals surface area contributed by atoms with Crippen molar-refractivity contribution >= 4 is 22.8 Å². The summed E-state index contributed by atoms with van der Waals surface area (Å²) >= 11 is 0. The number of nitrogens with one attached hydrogen (secondary N) is 1. The first-order valence-electron chi connectivity index (χ1n) is 6.66. The summed E-state index contributed by atoms with van der Waals surface area (Å²) in [5, 5.41) is 14.0. The van der Waals surface area contributed by atoms with E-state index in [0.29, 0.717) is 12.1 Å². The fourth-order valence-electron chi connectivity index (χ4n) is 2.02. The molecule has 1 unspecified atom stereocenters. The summed E-state index contributed by atoms with van der Waals surface area (Å²) in [6, 6.07) is 4.98. The van der Waals surface area contributed by atoms with Gasteiger partial charge in [-0.1, -0.05) is 25.8 Å². The molecule has 1 heterocycles. The van der Waals surface area contributed by atoms with E-state index in [-0.39, 0.29) is 23.3 Å². The second kappa shape index (κ2) is 6.33. The molecule has 0 saturated carbocycles. The van der Waals surface area contributed by atoms with Gasteiger partial charge in [0, 0.05) is 18.7 Å². The number of non-ortho nitro benzene ring substituents is 1. The number of nitrogens with zero attached hydrogens (tertiary/aromatic N) is 2. The van der Waals surface area contributed by atoms with Crippen LogP contribution in [0.25, 0.3) is 11.1 Å². The molecule has 0 bridgehead atoms. The van der Waals surface area contributed by atoms with Crippen LogP contribution in [-0.2, 0) is 0 Å². The highest BCUT2D eigenvalue weighted by atomic mass is 16.6. The van der Waals surface area contributed by atoms with Crippen molar-refractivity contribution in [2.75, 3.05) is 11.9 Å². The Morgan fingerprint density at radius 1 is 1.55 bits per heavy atom. The van der Waals surface area contributed by atoms with E-state index >= 15 is 0 Å². The molecule has 0 aliphatic heterocycles. The van der Waals surface area contributed by atoms with Gasteiger partial charge in [0.2, 0.25) is 0 Å². The second-order valence-corrected chi connectivity index (χ2v) is 4.62. The molecule has 0 aliphatic rings. The van der Waals surface area contributed by atoms with Crippen LogP contribution in [0.3, 0.4) is 0 Å². The van der Waals surface area contributed by atoms with Crippen molar-refractivity contribution in [2.24, 2.45) is 5.73 Å². The van der Waals surface area contributed by atoms with E-state index < -0.39 is 4.92 Å². The van der Waals surface area contributed by atoms with Crippen molar-refractivity contribution in [1.82, 2.24) is 4.98 Å². The lowest BCUT2D eigenvalue weighted by atomic mass is 10.1. The molecule has 108 valence electrons. The van der Waals surface area contributed by atoms with Gasteiger partial charge in [0.15, 0.2) is 11.1 Å². The van der Waals surface area contributed by atoms with Crippen LogP contribution < -0.4 is 11.1 Å². The van der Waals surface area contributed by atoms with Gasteiger partial charge >= 0.3 is 0 Å². The number of anilines is 1. The smallest absolute Gasteiger partial charge is 0.298 e. The number of oxazole rings is 1. The molecular formula is C13H18N4O3. The van der Waals surface area contributed by atoms with Crippen molar-refractivity contribution in [3.05, 3.63) is 28.3 Å². The molecule has 0 radical (unpaired) electrons. The topological polar surface area (TPSA) is 107 Å².